The van der Waals surface area contributed by atoms with Gasteiger partial charge in [0.15, 0.2) is 0 Å². The molecule has 1 fully saturated rings. The number of benzene rings is 1. The van der Waals surface area contributed by atoms with Gasteiger partial charge < -0.3 is 15.0 Å². The number of H-pyrrole nitrogens is 1. The predicted octanol–water partition coefficient (Wildman–Crippen LogP) is 2.79. The van der Waals surface area contributed by atoms with E-state index >= 15 is 0 Å². The molecule has 1 aromatic carbocycles. The second kappa shape index (κ2) is 5.90. The standard InChI is InChI=1S/C17H22N2O2/c1-21-17(8-4-9-17)11-16(20)18-10-7-13-12-19-15-6-3-2-5-14(13)15/h2-3,5-6,12,19H,4,7-11H2,1H3,(H,18,20). The molecule has 2 N–H and O–H groups in total. The summed E-state index contributed by atoms with van der Waals surface area (Å²) in [6.45, 7) is 0.667. The van der Waals surface area contributed by atoms with Gasteiger partial charge in [-0.25, -0.2) is 0 Å². The lowest BCUT2D eigenvalue weighted by molar-refractivity contribution is -0.134. The van der Waals surface area contributed by atoms with E-state index in [4.69, 9.17) is 4.74 Å². The molecular formula is C17H22N2O2. The number of aromatic nitrogens is 1. The van der Waals surface area contributed by atoms with E-state index in [1.54, 1.807) is 7.11 Å². The highest BCUT2D eigenvalue weighted by Gasteiger charge is 2.38. The topological polar surface area (TPSA) is 54.1 Å². The zero-order chi connectivity index (χ0) is 14.7. The minimum Gasteiger partial charge on any atom is -0.378 e. The number of hydrogen-bond acceptors (Lipinski definition) is 2. The van der Waals surface area contributed by atoms with Crippen LogP contribution in [0.25, 0.3) is 10.9 Å². The summed E-state index contributed by atoms with van der Waals surface area (Å²) in [5, 5.41) is 4.25. The van der Waals surface area contributed by atoms with Crippen molar-refractivity contribution >= 4 is 16.8 Å². The molecule has 1 saturated carbocycles. The first kappa shape index (κ1) is 14.1. The van der Waals surface area contributed by atoms with Crippen molar-refractivity contribution in [1.82, 2.24) is 10.3 Å². The maximum absolute atomic E-state index is 12.0. The van der Waals surface area contributed by atoms with Gasteiger partial charge in [0, 0.05) is 30.8 Å². The van der Waals surface area contributed by atoms with Crippen LogP contribution in [-0.2, 0) is 16.0 Å². The number of ether oxygens (including phenoxy) is 1. The maximum Gasteiger partial charge on any atom is 0.222 e. The fourth-order valence-electron chi connectivity index (χ4n) is 3.05. The lowest BCUT2D eigenvalue weighted by Gasteiger charge is -2.39. The van der Waals surface area contributed by atoms with Crippen molar-refractivity contribution in [3.8, 4) is 0 Å². The average molecular weight is 286 g/mol. The van der Waals surface area contributed by atoms with Crippen molar-refractivity contribution in [1.29, 1.82) is 0 Å². The first-order valence-corrected chi connectivity index (χ1v) is 7.59. The number of nitrogens with one attached hydrogen (secondary N) is 2. The maximum atomic E-state index is 12.0. The van der Waals surface area contributed by atoms with Gasteiger partial charge in [-0.05, 0) is 37.3 Å². The Morgan fingerprint density at radius 2 is 2.19 bits per heavy atom. The number of hydrogen-bond donors (Lipinski definition) is 2. The van der Waals surface area contributed by atoms with Crippen LogP contribution in [0, 0.1) is 0 Å². The van der Waals surface area contributed by atoms with E-state index in [2.05, 4.69) is 22.4 Å². The van der Waals surface area contributed by atoms with Crippen LogP contribution >= 0.6 is 0 Å². The molecule has 0 spiro atoms. The molecule has 112 valence electrons. The monoisotopic (exact) mass is 286 g/mol. The summed E-state index contributed by atoms with van der Waals surface area (Å²) in [6, 6.07) is 8.23. The summed E-state index contributed by atoms with van der Waals surface area (Å²) < 4.78 is 5.49. The second-order valence-electron chi connectivity index (χ2n) is 5.88. The third-order valence-corrected chi connectivity index (χ3v) is 4.57. The Labute approximate surface area is 124 Å². The molecule has 0 aliphatic heterocycles. The molecule has 0 saturated heterocycles. The van der Waals surface area contributed by atoms with E-state index in [1.165, 1.54) is 10.9 Å². The summed E-state index contributed by atoms with van der Waals surface area (Å²) in [5.74, 6) is 0.0939. The number of aromatic amines is 1. The van der Waals surface area contributed by atoms with Gasteiger partial charge in [0.1, 0.15) is 0 Å². The van der Waals surface area contributed by atoms with Gasteiger partial charge in [0.25, 0.3) is 0 Å². The van der Waals surface area contributed by atoms with Crippen LogP contribution in [0.4, 0.5) is 0 Å². The highest BCUT2D eigenvalue weighted by Crippen LogP contribution is 2.37. The Balaban J connectivity index is 1.51. The average Bonchev–Trinajstić information content (AvgIpc) is 2.86. The molecular weight excluding hydrogens is 264 g/mol. The van der Waals surface area contributed by atoms with Crippen molar-refractivity contribution in [3.05, 3.63) is 36.0 Å². The fourth-order valence-corrected chi connectivity index (χ4v) is 3.05. The molecule has 4 heteroatoms. The van der Waals surface area contributed by atoms with Gasteiger partial charge in [0.05, 0.1) is 12.0 Å². The molecule has 2 aromatic rings. The summed E-state index contributed by atoms with van der Waals surface area (Å²) in [7, 11) is 1.71. The zero-order valence-electron chi connectivity index (χ0n) is 12.4. The highest BCUT2D eigenvalue weighted by atomic mass is 16.5. The zero-order valence-corrected chi connectivity index (χ0v) is 12.4. The van der Waals surface area contributed by atoms with E-state index in [0.717, 1.165) is 31.2 Å². The fraction of sp³-hybridized carbons (Fsp3) is 0.471. The quantitative estimate of drug-likeness (QED) is 0.858. The summed E-state index contributed by atoms with van der Waals surface area (Å²) in [5.41, 5.74) is 2.20. The summed E-state index contributed by atoms with van der Waals surface area (Å²) in [4.78, 5) is 15.3. The van der Waals surface area contributed by atoms with Crippen LogP contribution in [0.1, 0.15) is 31.2 Å². The van der Waals surface area contributed by atoms with Crippen LogP contribution in [0.2, 0.25) is 0 Å². The minimum atomic E-state index is -0.190. The molecule has 1 aliphatic rings. The van der Waals surface area contributed by atoms with Crippen molar-refractivity contribution in [3.63, 3.8) is 0 Å². The minimum absolute atomic E-state index is 0.0939. The number of para-hydroxylation sites is 1. The van der Waals surface area contributed by atoms with Crippen LogP contribution < -0.4 is 5.32 Å². The molecule has 3 rings (SSSR count). The Hall–Kier alpha value is -1.81. The molecule has 1 heterocycles. The van der Waals surface area contributed by atoms with E-state index in [1.807, 2.05) is 18.3 Å². The summed E-state index contributed by atoms with van der Waals surface area (Å²) in [6.07, 6.45) is 6.52. The van der Waals surface area contributed by atoms with Gasteiger partial charge in [-0.1, -0.05) is 18.2 Å². The van der Waals surface area contributed by atoms with Gasteiger partial charge >= 0.3 is 0 Å². The number of carbonyl (C=O) groups is 1. The number of methoxy groups -OCH3 is 1. The number of rotatable bonds is 6. The lowest BCUT2D eigenvalue weighted by Crippen LogP contribution is -2.44. The van der Waals surface area contributed by atoms with E-state index in [-0.39, 0.29) is 11.5 Å². The number of carbonyl (C=O) groups excluding carboxylic acids is 1. The Bertz CT molecular complexity index is 623. The third kappa shape index (κ3) is 2.95. The van der Waals surface area contributed by atoms with Gasteiger partial charge in [-0.2, -0.15) is 0 Å². The first-order valence-electron chi connectivity index (χ1n) is 7.59. The van der Waals surface area contributed by atoms with Crippen molar-refractivity contribution in [2.45, 2.75) is 37.7 Å². The largest absolute Gasteiger partial charge is 0.378 e. The molecule has 4 nitrogen and oxygen atoms in total. The SMILES string of the molecule is COC1(CC(=O)NCCc2c[nH]c3ccccc23)CCC1. The molecule has 0 radical (unpaired) electrons. The number of fused-ring (bicyclic) bond motifs is 1. The van der Waals surface area contributed by atoms with E-state index in [9.17, 15) is 4.79 Å². The Morgan fingerprint density at radius 1 is 1.38 bits per heavy atom. The Morgan fingerprint density at radius 3 is 2.90 bits per heavy atom. The molecule has 0 atom stereocenters. The van der Waals surface area contributed by atoms with Crippen molar-refractivity contribution < 1.29 is 9.53 Å². The first-order chi connectivity index (χ1) is 10.2. The number of amides is 1. The summed E-state index contributed by atoms with van der Waals surface area (Å²) >= 11 is 0. The van der Waals surface area contributed by atoms with Gasteiger partial charge in [-0.15, -0.1) is 0 Å². The normalized spacial score (nSPS) is 16.6. The van der Waals surface area contributed by atoms with Crippen LogP contribution in [0.3, 0.4) is 0 Å². The van der Waals surface area contributed by atoms with Crippen LogP contribution in [0.15, 0.2) is 30.5 Å². The van der Waals surface area contributed by atoms with E-state index < -0.39 is 0 Å². The smallest absolute Gasteiger partial charge is 0.222 e. The molecule has 0 unspecified atom stereocenters. The second-order valence-corrected chi connectivity index (χ2v) is 5.88. The Kier molecular flexibility index (Phi) is 3.97. The van der Waals surface area contributed by atoms with Gasteiger partial charge in [0.2, 0.25) is 5.91 Å². The predicted molar refractivity (Wildman–Crippen MR) is 83.2 cm³/mol. The highest BCUT2D eigenvalue weighted by molar-refractivity contribution is 5.83. The van der Waals surface area contributed by atoms with Crippen molar-refractivity contribution in [2.24, 2.45) is 0 Å². The molecule has 1 amide bonds. The van der Waals surface area contributed by atoms with E-state index in [0.29, 0.717) is 13.0 Å². The van der Waals surface area contributed by atoms with Crippen molar-refractivity contribution in [2.75, 3.05) is 13.7 Å². The molecule has 1 aromatic heterocycles. The van der Waals surface area contributed by atoms with Gasteiger partial charge in [-0.3, -0.25) is 4.79 Å². The third-order valence-electron chi connectivity index (χ3n) is 4.57. The van der Waals surface area contributed by atoms with Crippen LogP contribution in [-0.4, -0.2) is 30.1 Å². The van der Waals surface area contributed by atoms with Crippen LogP contribution in [0.5, 0.6) is 0 Å². The molecule has 1 aliphatic carbocycles. The molecule has 0 bridgehead atoms. The molecule has 21 heavy (non-hydrogen) atoms. The lowest BCUT2D eigenvalue weighted by atomic mass is 9.77.